The lowest BCUT2D eigenvalue weighted by atomic mass is 10.0. The van der Waals surface area contributed by atoms with Crippen molar-refractivity contribution in [3.05, 3.63) is 107 Å². The lowest BCUT2D eigenvalue weighted by molar-refractivity contribution is -0.258. The monoisotopic (exact) mass is 413 g/mol. The lowest BCUT2D eigenvalue weighted by Crippen LogP contribution is -2.44. The van der Waals surface area contributed by atoms with E-state index in [9.17, 15) is 4.79 Å². The topological polar surface area (TPSA) is 48.0 Å². The number of hydroxylamine groups is 2. The predicted octanol–water partition coefficient (Wildman–Crippen LogP) is 5.04. The molecule has 2 aliphatic rings. The first-order valence-electron chi connectivity index (χ1n) is 10.3. The van der Waals surface area contributed by atoms with E-state index in [1.54, 1.807) is 13.8 Å². The molecule has 1 fully saturated rings. The summed E-state index contributed by atoms with van der Waals surface area (Å²) in [5, 5.41) is 1.35. The van der Waals surface area contributed by atoms with E-state index in [1.165, 1.54) is 5.06 Å². The Morgan fingerprint density at radius 1 is 0.903 bits per heavy atom. The zero-order chi connectivity index (χ0) is 21.5. The van der Waals surface area contributed by atoms with Gasteiger partial charge in [-0.2, -0.15) is 5.06 Å². The van der Waals surface area contributed by atoms with Gasteiger partial charge in [0.05, 0.1) is 5.56 Å². The van der Waals surface area contributed by atoms with Crippen molar-refractivity contribution < 1.29 is 19.1 Å². The smallest absolute Gasteiger partial charge is 0.281 e. The van der Waals surface area contributed by atoms with Crippen LogP contribution in [0, 0.1) is 0 Å². The van der Waals surface area contributed by atoms with Gasteiger partial charge in [0.2, 0.25) is 0 Å². The minimum atomic E-state index is -1.30. The van der Waals surface area contributed by atoms with E-state index in [-0.39, 0.29) is 12.5 Å². The van der Waals surface area contributed by atoms with Crippen LogP contribution in [0.4, 0.5) is 0 Å². The fourth-order valence-corrected chi connectivity index (χ4v) is 4.00. The molecule has 0 radical (unpaired) electrons. The Morgan fingerprint density at radius 3 is 2.29 bits per heavy atom. The highest BCUT2D eigenvalue weighted by Gasteiger charge is 2.65. The summed E-state index contributed by atoms with van der Waals surface area (Å²) in [6, 6.07) is 27.1. The first-order valence-corrected chi connectivity index (χ1v) is 10.3. The standard InChI is InChI=1S/C26H23NO4/c1-25(2)24(28)27(29-18-20-13-7-4-8-14-20)26(31-25)21-15-9-10-16-22(21)30-23(26)17-19-11-5-3-6-12-19/h3-17H,18H2,1-2H3/b23-17-/t26-/m0/s1. The van der Waals surface area contributed by atoms with Crippen molar-refractivity contribution in [3.8, 4) is 5.75 Å². The van der Waals surface area contributed by atoms with Gasteiger partial charge in [-0.15, -0.1) is 0 Å². The molecule has 0 aromatic heterocycles. The van der Waals surface area contributed by atoms with Gasteiger partial charge in [0, 0.05) is 0 Å². The molecule has 3 aromatic carbocycles. The van der Waals surface area contributed by atoms with Crippen molar-refractivity contribution in [3.63, 3.8) is 0 Å². The molecular formula is C26H23NO4. The van der Waals surface area contributed by atoms with E-state index < -0.39 is 11.3 Å². The molecule has 5 nitrogen and oxygen atoms in total. The fraction of sp³-hybridized carbons (Fsp3) is 0.192. The molecule has 1 amide bonds. The molecule has 0 N–H and O–H groups in total. The summed E-state index contributed by atoms with van der Waals surface area (Å²) in [5.74, 6) is 0.873. The highest BCUT2D eigenvalue weighted by molar-refractivity contribution is 5.87. The Morgan fingerprint density at radius 2 is 1.55 bits per heavy atom. The Kier molecular flexibility index (Phi) is 4.65. The third-order valence-corrected chi connectivity index (χ3v) is 5.49. The van der Waals surface area contributed by atoms with Gasteiger partial charge in [0.1, 0.15) is 18.0 Å². The predicted molar refractivity (Wildman–Crippen MR) is 116 cm³/mol. The second-order valence-corrected chi connectivity index (χ2v) is 8.13. The van der Waals surface area contributed by atoms with Crippen molar-refractivity contribution in [1.82, 2.24) is 5.06 Å². The fourth-order valence-electron chi connectivity index (χ4n) is 4.00. The largest absolute Gasteiger partial charge is 0.456 e. The zero-order valence-electron chi connectivity index (χ0n) is 17.4. The minimum Gasteiger partial charge on any atom is -0.456 e. The van der Waals surface area contributed by atoms with Crippen molar-refractivity contribution in [2.75, 3.05) is 0 Å². The van der Waals surface area contributed by atoms with Crippen LogP contribution in [-0.2, 0) is 26.7 Å². The summed E-state index contributed by atoms with van der Waals surface area (Å²) in [7, 11) is 0. The van der Waals surface area contributed by atoms with Crippen molar-refractivity contribution >= 4 is 12.0 Å². The summed E-state index contributed by atoms with van der Waals surface area (Å²) >= 11 is 0. The van der Waals surface area contributed by atoms with Crippen LogP contribution in [0.15, 0.2) is 90.7 Å². The van der Waals surface area contributed by atoms with Crippen LogP contribution in [0.5, 0.6) is 5.75 Å². The number of rotatable bonds is 4. The third kappa shape index (κ3) is 3.23. The van der Waals surface area contributed by atoms with E-state index in [2.05, 4.69) is 0 Å². The van der Waals surface area contributed by atoms with E-state index in [1.807, 2.05) is 91.0 Å². The number of carbonyl (C=O) groups is 1. The molecular weight excluding hydrogens is 390 g/mol. The molecule has 1 atom stereocenters. The molecule has 156 valence electrons. The molecule has 1 spiro atoms. The number of amides is 1. The summed E-state index contributed by atoms with van der Waals surface area (Å²) < 4.78 is 12.7. The molecule has 0 aliphatic carbocycles. The number of fused-ring (bicyclic) bond motifs is 2. The van der Waals surface area contributed by atoms with Crippen LogP contribution in [0.2, 0.25) is 0 Å². The summed E-state index contributed by atoms with van der Waals surface area (Å²) in [5.41, 5.74) is 0.239. The number of ether oxygens (including phenoxy) is 2. The van der Waals surface area contributed by atoms with E-state index in [0.717, 1.165) is 16.7 Å². The second-order valence-electron chi connectivity index (χ2n) is 8.13. The summed E-state index contributed by atoms with van der Waals surface area (Å²) in [6.45, 7) is 3.74. The van der Waals surface area contributed by atoms with Gasteiger partial charge < -0.3 is 9.47 Å². The van der Waals surface area contributed by atoms with Gasteiger partial charge in [-0.25, -0.2) is 0 Å². The maximum Gasteiger partial charge on any atom is 0.281 e. The van der Waals surface area contributed by atoms with Gasteiger partial charge in [-0.1, -0.05) is 72.8 Å². The summed E-state index contributed by atoms with van der Waals surface area (Å²) in [4.78, 5) is 19.5. The van der Waals surface area contributed by atoms with Crippen molar-refractivity contribution in [2.24, 2.45) is 0 Å². The van der Waals surface area contributed by atoms with Crippen molar-refractivity contribution in [1.29, 1.82) is 0 Å². The molecule has 0 bridgehead atoms. The number of hydrogen-bond donors (Lipinski definition) is 0. The van der Waals surface area contributed by atoms with Crippen LogP contribution in [0.1, 0.15) is 30.5 Å². The molecule has 0 saturated carbocycles. The first-order chi connectivity index (χ1) is 15.0. The highest BCUT2D eigenvalue weighted by atomic mass is 16.8. The molecule has 2 heterocycles. The average molecular weight is 413 g/mol. The third-order valence-electron chi connectivity index (χ3n) is 5.49. The zero-order valence-corrected chi connectivity index (χ0v) is 17.4. The molecule has 5 rings (SSSR count). The number of hydrogen-bond acceptors (Lipinski definition) is 4. The molecule has 5 heteroatoms. The van der Waals surface area contributed by atoms with Crippen LogP contribution in [0.3, 0.4) is 0 Å². The second kappa shape index (κ2) is 7.38. The van der Waals surface area contributed by atoms with Crippen LogP contribution < -0.4 is 4.74 Å². The Bertz CT molecular complexity index is 1140. The number of benzene rings is 3. The number of carbonyl (C=O) groups excluding carboxylic acids is 1. The maximum atomic E-state index is 13.4. The van der Waals surface area contributed by atoms with Gasteiger partial charge in [0.25, 0.3) is 11.6 Å². The summed E-state index contributed by atoms with van der Waals surface area (Å²) in [6.07, 6.45) is 1.90. The van der Waals surface area contributed by atoms with Gasteiger partial charge in [0.15, 0.2) is 5.76 Å². The van der Waals surface area contributed by atoms with Gasteiger partial charge in [-0.3, -0.25) is 9.63 Å². The van der Waals surface area contributed by atoms with Gasteiger partial charge >= 0.3 is 0 Å². The van der Waals surface area contributed by atoms with E-state index in [4.69, 9.17) is 14.3 Å². The quantitative estimate of drug-likeness (QED) is 0.601. The average Bonchev–Trinajstić information content (AvgIpc) is 3.19. The highest BCUT2D eigenvalue weighted by Crippen LogP contribution is 2.55. The molecule has 31 heavy (non-hydrogen) atoms. The molecule has 1 saturated heterocycles. The molecule has 3 aromatic rings. The number of para-hydroxylation sites is 1. The lowest BCUT2D eigenvalue weighted by Gasteiger charge is -2.32. The molecule has 2 aliphatic heterocycles. The van der Waals surface area contributed by atoms with E-state index >= 15 is 0 Å². The van der Waals surface area contributed by atoms with E-state index in [0.29, 0.717) is 11.5 Å². The molecule has 0 unspecified atom stereocenters. The van der Waals surface area contributed by atoms with Crippen LogP contribution in [0.25, 0.3) is 6.08 Å². The Hall–Kier alpha value is -3.41. The minimum absolute atomic E-state index is 0.231. The number of nitrogens with zero attached hydrogens (tertiary/aromatic N) is 1. The van der Waals surface area contributed by atoms with Crippen molar-refractivity contribution in [2.45, 2.75) is 31.8 Å². The Labute approximate surface area is 181 Å². The van der Waals surface area contributed by atoms with Crippen LogP contribution >= 0.6 is 0 Å². The normalized spacial score (nSPS) is 22.7. The van der Waals surface area contributed by atoms with Crippen LogP contribution in [-0.4, -0.2) is 16.6 Å². The SMILES string of the molecule is CC1(C)O[C@@]2(/C(=C/c3ccccc3)Oc3ccccc32)N(OCc2ccccc2)C1=O. The first kappa shape index (κ1) is 19.5. The van der Waals surface area contributed by atoms with Gasteiger partial charge in [-0.05, 0) is 43.2 Å². The Balaban J connectivity index is 1.63. The maximum absolute atomic E-state index is 13.4.